The van der Waals surface area contributed by atoms with E-state index in [-0.39, 0.29) is 5.92 Å². The zero-order valence-electron chi connectivity index (χ0n) is 7.89. The Kier molecular flexibility index (Phi) is 0.744. The molecule has 0 saturated heterocycles. The Morgan fingerprint density at radius 1 is 2.00 bits per heavy atom. The maximum Gasteiger partial charge on any atom is 0.0277 e. The van der Waals surface area contributed by atoms with Crippen LogP contribution in [0.3, 0.4) is 0 Å². The van der Waals surface area contributed by atoms with Crippen LogP contribution in [0.2, 0.25) is 0 Å². The Morgan fingerprint density at radius 3 is 3.38 bits per heavy atom. The summed E-state index contributed by atoms with van der Waals surface area (Å²) < 4.78 is 21.4. The van der Waals surface area contributed by atoms with E-state index in [9.17, 15) is 0 Å². The Bertz CT molecular complexity index is 202. The van der Waals surface area contributed by atoms with Crippen LogP contribution in [0.25, 0.3) is 0 Å². The minimum atomic E-state index is -1.96. The predicted molar refractivity (Wildman–Crippen MR) is 36.0 cm³/mol. The standard InChI is InChI=1S/C7H11N/c1-6-3-4-8-5-7(6)2/h4-6H,3H2,1-2H3/i2D3. The van der Waals surface area contributed by atoms with Gasteiger partial charge in [0.15, 0.2) is 0 Å². The highest BCUT2D eigenvalue weighted by Crippen LogP contribution is 2.15. The lowest BCUT2D eigenvalue weighted by Gasteiger charge is -2.10. The molecule has 1 aliphatic heterocycles. The fourth-order valence-corrected chi connectivity index (χ4v) is 0.606. The molecule has 0 saturated carbocycles. The van der Waals surface area contributed by atoms with Crippen molar-refractivity contribution in [2.75, 3.05) is 0 Å². The highest BCUT2D eigenvalue weighted by atomic mass is 14.7. The van der Waals surface area contributed by atoms with Crippen LogP contribution in [0.1, 0.15) is 24.3 Å². The summed E-state index contributed by atoms with van der Waals surface area (Å²) in [7, 11) is 0. The molecule has 0 bridgehead atoms. The summed E-state index contributed by atoms with van der Waals surface area (Å²) in [5.74, 6) is 0.111. The van der Waals surface area contributed by atoms with Crippen molar-refractivity contribution < 1.29 is 4.11 Å². The van der Waals surface area contributed by atoms with E-state index in [0.717, 1.165) is 6.42 Å². The first-order valence-electron chi connectivity index (χ1n) is 4.24. The Labute approximate surface area is 54.3 Å². The van der Waals surface area contributed by atoms with Gasteiger partial charge in [-0.05, 0) is 19.2 Å². The molecule has 1 nitrogen and oxygen atoms in total. The van der Waals surface area contributed by atoms with Gasteiger partial charge >= 0.3 is 0 Å². The van der Waals surface area contributed by atoms with Gasteiger partial charge in [-0.15, -0.1) is 0 Å². The molecule has 1 aliphatic rings. The van der Waals surface area contributed by atoms with Crippen molar-refractivity contribution >= 4 is 6.21 Å². The summed E-state index contributed by atoms with van der Waals surface area (Å²) in [6, 6.07) is 0. The van der Waals surface area contributed by atoms with Crippen molar-refractivity contribution in [1.82, 2.24) is 0 Å². The molecule has 0 aromatic rings. The van der Waals surface area contributed by atoms with Crippen LogP contribution < -0.4 is 0 Å². The lowest BCUT2D eigenvalue weighted by atomic mass is 9.99. The zero-order chi connectivity index (χ0) is 8.48. The van der Waals surface area contributed by atoms with Crippen LogP contribution >= 0.6 is 0 Å². The van der Waals surface area contributed by atoms with Crippen molar-refractivity contribution in [2.45, 2.75) is 20.2 Å². The second-order valence-corrected chi connectivity index (χ2v) is 2.05. The van der Waals surface area contributed by atoms with Gasteiger partial charge in [0.1, 0.15) is 0 Å². The fourth-order valence-electron chi connectivity index (χ4n) is 0.606. The summed E-state index contributed by atoms with van der Waals surface area (Å²) in [5, 5.41) is 0. The Hall–Kier alpha value is -0.590. The topological polar surface area (TPSA) is 12.4 Å². The van der Waals surface area contributed by atoms with E-state index in [2.05, 4.69) is 4.99 Å². The molecular weight excluding hydrogens is 98.1 g/mol. The molecule has 0 amide bonds. The van der Waals surface area contributed by atoms with Crippen LogP contribution in [-0.2, 0) is 0 Å². The van der Waals surface area contributed by atoms with Crippen molar-refractivity contribution in [3.63, 3.8) is 0 Å². The average molecular weight is 112 g/mol. The first-order valence-corrected chi connectivity index (χ1v) is 2.74. The molecule has 1 heterocycles. The average Bonchev–Trinajstić information content (AvgIpc) is 1.86. The summed E-state index contributed by atoms with van der Waals surface area (Å²) in [4.78, 5) is 3.83. The van der Waals surface area contributed by atoms with Crippen molar-refractivity contribution in [3.05, 3.63) is 11.8 Å². The Balaban J connectivity index is 2.84. The van der Waals surface area contributed by atoms with Gasteiger partial charge in [0.05, 0.1) is 0 Å². The van der Waals surface area contributed by atoms with Gasteiger partial charge in [0.2, 0.25) is 0 Å². The van der Waals surface area contributed by atoms with E-state index in [1.165, 1.54) is 6.20 Å². The van der Waals surface area contributed by atoms with Gasteiger partial charge < -0.3 is 0 Å². The van der Waals surface area contributed by atoms with E-state index < -0.39 is 6.85 Å². The number of aliphatic imine (C=N–C) groups is 1. The third-order valence-corrected chi connectivity index (χ3v) is 1.31. The number of hydrogen-bond donors (Lipinski definition) is 0. The van der Waals surface area contributed by atoms with Crippen LogP contribution in [0.15, 0.2) is 16.8 Å². The zero-order valence-corrected chi connectivity index (χ0v) is 4.89. The van der Waals surface area contributed by atoms with E-state index >= 15 is 0 Å². The molecule has 0 radical (unpaired) electrons. The summed E-state index contributed by atoms with van der Waals surface area (Å²) >= 11 is 0. The SMILES string of the molecule is [2H]C([2H])([2H])C1=CN=CCC1C. The van der Waals surface area contributed by atoms with Crippen LogP contribution in [0.4, 0.5) is 0 Å². The molecule has 0 N–H and O–H groups in total. The molecule has 44 valence electrons. The monoisotopic (exact) mass is 112 g/mol. The quantitative estimate of drug-likeness (QED) is 0.454. The van der Waals surface area contributed by atoms with Crippen LogP contribution in [-0.4, -0.2) is 6.21 Å². The van der Waals surface area contributed by atoms with Crippen LogP contribution in [0.5, 0.6) is 0 Å². The minimum Gasteiger partial charge on any atom is -0.269 e. The van der Waals surface area contributed by atoms with Crippen LogP contribution in [0, 0.1) is 5.92 Å². The molecule has 0 aliphatic carbocycles. The second kappa shape index (κ2) is 2.12. The normalized spacial score (nSPS) is 34.9. The van der Waals surface area contributed by atoms with Gasteiger partial charge in [-0.3, -0.25) is 4.99 Å². The summed E-state index contributed by atoms with van der Waals surface area (Å²) in [6.07, 6.45) is 3.95. The maximum absolute atomic E-state index is 7.15. The van der Waals surface area contributed by atoms with E-state index in [1.807, 2.05) is 6.92 Å². The third-order valence-electron chi connectivity index (χ3n) is 1.31. The van der Waals surface area contributed by atoms with E-state index in [4.69, 9.17) is 4.11 Å². The van der Waals surface area contributed by atoms with E-state index in [1.54, 1.807) is 6.21 Å². The third kappa shape index (κ3) is 0.971. The van der Waals surface area contributed by atoms with Crippen molar-refractivity contribution in [3.8, 4) is 0 Å². The summed E-state index contributed by atoms with van der Waals surface area (Å²) in [5.41, 5.74) is 0.472. The van der Waals surface area contributed by atoms with Crippen molar-refractivity contribution in [1.29, 1.82) is 0 Å². The van der Waals surface area contributed by atoms with Gasteiger partial charge in [-0.1, -0.05) is 12.5 Å². The van der Waals surface area contributed by atoms with Crippen molar-refractivity contribution in [2.24, 2.45) is 10.9 Å². The molecule has 1 rings (SSSR count). The largest absolute Gasteiger partial charge is 0.269 e. The first-order chi connectivity index (χ1) is 5.02. The lowest BCUT2D eigenvalue weighted by Crippen LogP contribution is -1.99. The minimum absolute atomic E-state index is 0.111. The van der Waals surface area contributed by atoms with Gasteiger partial charge in [-0.25, -0.2) is 0 Å². The molecule has 8 heavy (non-hydrogen) atoms. The summed E-state index contributed by atoms with van der Waals surface area (Å²) in [6.45, 7) is -0.0550. The lowest BCUT2D eigenvalue weighted by molar-refractivity contribution is 0.710. The molecule has 1 unspecified atom stereocenters. The molecule has 1 heteroatoms. The highest BCUT2D eigenvalue weighted by Gasteiger charge is 2.03. The number of hydrogen-bond acceptors (Lipinski definition) is 1. The highest BCUT2D eigenvalue weighted by molar-refractivity contribution is 5.60. The first kappa shape index (κ1) is 2.81. The molecule has 1 atom stereocenters. The molecule has 0 aromatic carbocycles. The van der Waals surface area contributed by atoms with Gasteiger partial charge in [-0.2, -0.15) is 0 Å². The second-order valence-electron chi connectivity index (χ2n) is 2.05. The predicted octanol–water partition coefficient (Wildman–Crippen LogP) is 2.00. The van der Waals surface area contributed by atoms with E-state index in [0.29, 0.717) is 5.57 Å². The molecule has 0 spiro atoms. The van der Waals surface area contributed by atoms with Gasteiger partial charge in [0.25, 0.3) is 0 Å². The molecule has 0 fully saturated rings. The van der Waals surface area contributed by atoms with Gasteiger partial charge in [0, 0.05) is 16.5 Å². The number of rotatable bonds is 0. The molecular formula is C7H11N. The fraction of sp³-hybridized carbons (Fsp3) is 0.571. The molecule has 0 aromatic heterocycles. The number of nitrogens with zero attached hydrogens (tertiary/aromatic N) is 1. The smallest absolute Gasteiger partial charge is 0.0277 e. The maximum atomic E-state index is 7.15. The number of allylic oxidation sites excluding steroid dienone is 1. The Morgan fingerprint density at radius 2 is 2.88 bits per heavy atom.